The molecule has 200 valence electrons. The highest BCUT2D eigenvalue weighted by atomic mass is 32.1. The Morgan fingerprint density at radius 3 is 2.56 bits per heavy atom. The zero-order valence-electron chi connectivity index (χ0n) is 21.5. The topological polar surface area (TPSA) is 109 Å². The molecule has 0 aromatic carbocycles. The second kappa shape index (κ2) is 10.6. The van der Waals surface area contributed by atoms with Crippen LogP contribution in [-0.2, 0) is 19.1 Å². The minimum Gasteiger partial charge on any atom is -0.455 e. The lowest BCUT2D eigenvalue weighted by Crippen LogP contribution is -2.53. The van der Waals surface area contributed by atoms with Gasteiger partial charge in [0.1, 0.15) is 11.6 Å². The van der Waals surface area contributed by atoms with Crippen molar-refractivity contribution in [1.29, 1.82) is 0 Å². The van der Waals surface area contributed by atoms with Crippen molar-refractivity contribution in [3.8, 4) is 0 Å². The number of aliphatic hydroxyl groups excluding tert-OH is 2. The number of ether oxygens (including phenoxy) is 2. The third-order valence-corrected chi connectivity index (χ3v) is 9.33. The number of aromatic nitrogens is 1. The number of fused-ring (bicyclic) bond motifs is 1. The molecule has 36 heavy (non-hydrogen) atoms. The molecular weight excluding hydrogens is 485 g/mol. The first-order valence-electron chi connectivity index (χ1n) is 13.0. The molecule has 3 fully saturated rings. The van der Waals surface area contributed by atoms with E-state index in [1.807, 2.05) is 20.8 Å². The summed E-state index contributed by atoms with van der Waals surface area (Å²) in [6.07, 6.45) is 1.40. The van der Waals surface area contributed by atoms with Crippen LogP contribution in [0.15, 0.2) is 11.2 Å². The van der Waals surface area contributed by atoms with Gasteiger partial charge in [-0.1, -0.05) is 26.7 Å². The Labute approximate surface area is 216 Å². The highest BCUT2D eigenvalue weighted by Crippen LogP contribution is 2.49. The van der Waals surface area contributed by atoms with E-state index in [1.165, 1.54) is 17.4 Å². The van der Waals surface area contributed by atoms with Crippen LogP contribution < -0.4 is 0 Å². The number of nitrogens with zero attached hydrogens (tertiary/aromatic N) is 1. The average Bonchev–Trinajstić information content (AvgIpc) is 3.22. The van der Waals surface area contributed by atoms with Crippen molar-refractivity contribution < 1.29 is 33.7 Å². The molecule has 1 spiro atoms. The Morgan fingerprint density at radius 2 is 1.94 bits per heavy atom. The van der Waals surface area contributed by atoms with Gasteiger partial charge in [0, 0.05) is 17.7 Å². The van der Waals surface area contributed by atoms with E-state index in [4.69, 9.17) is 9.47 Å². The molecule has 2 unspecified atom stereocenters. The molecule has 3 aliphatic rings. The first kappa shape index (κ1) is 27.4. The fourth-order valence-electron chi connectivity index (χ4n) is 5.81. The number of Topliss-reactive ketones (excluding diaryl/α,β-unsaturated/α-hetero) is 1. The molecule has 3 heterocycles. The first-order valence-corrected chi connectivity index (χ1v) is 13.9. The fourth-order valence-corrected chi connectivity index (χ4v) is 6.38. The van der Waals surface area contributed by atoms with E-state index in [2.05, 4.69) is 4.98 Å². The molecule has 0 bridgehead atoms. The number of hydrogen-bond acceptors (Lipinski definition) is 8. The number of hydrogen-bond donors (Lipinski definition) is 2. The van der Waals surface area contributed by atoms with Gasteiger partial charge in [-0.2, -0.15) is 0 Å². The standard InChI is InChI=1S/C27H38FNO6S/c1-15-7-5-8-26(4)22(35-26)12-20(19(28)11-18-14-36-17(3)29-18)34-23(31)13-21(30)27(9-6-10-27)25(33)16(2)24(15)32/h11,14-16,20-22,24,30,32H,5-10,12-13H2,1-4H3/t15-,16+,20-,21-,22?,24-,26?/m0/s1. The van der Waals surface area contributed by atoms with Crippen molar-refractivity contribution in [2.75, 3.05) is 0 Å². The maximum atomic E-state index is 15.3. The molecule has 1 aliphatic carbocycles. The maximum Gasteiger partial charge on any atom is 0.309 e. The molecule has 0 amide bonds. The summed E-state index contributed by atoms with van der Waals surface area (Å²) in [5.41, 5.74) is -1.07. The van der Waals surface area contributed by atoms with Gasteiger partial charge in [-0.05, 0) is 51.5 Å². The number of rotatable bonds is 2. The molecule has 1 saturated carbocycles. The molecule has 1 aromatic heterocycles. The monoisotopic (exact) mass is 523 g/mol. The number of cyclic esters (lactones) is 1. The number of esters is 1. The van der Waals surface area contributed by atoms with Crippen LogP contribution in [0.4, 0.5) is 4.39 Å². The molecule has 7 nitrogen and oxygen atoms in total. The third-order valence-electron chi connectivity index (χ3n) is 8.54. The number of carbonyl (C=O) groups excluding carboxylic acids is 2. The zero-order chi connectivity index (χ0) is 26.3. The molecule has 9 heteroatoms. The van der Waals surface area contributed by atoms with Crippen LogP contribution >= 0.6 is 11.3 Å². The van der Waals surface area contributed by atoms with E-state index in [1.54, 1.807) is 12.3 Å². The van der Waals surface area contributed by atoms with Crippen LogP contribution in [0.3, 0.4) is 0 Å². The first-order chi connectivity index (χ1) is 16.9. The smallest absolute Gasteiger partial charge is 0.309 e. The average molecular weight is 524 g/mol. The summed E-state index contributed by atoms with van der Waals surface area (Å²) in [6.45, 7) is 7.43. The minimum absolute atomic E-state index is 0.105. The molecule has 2 aliphatic heterocycles. The molecule has 1 aromatic rings. The van der Waals surface area contributed by atoms with Crippen LogP contribution in [-0.4, -0.2) is 57.0 Å². The quantitative estimate of drug-likeness (QED) is 0.433. The predicted octanol–water partition coefficient (Wildman–Crippen LogP) is 4.53. The van der Waals surface area contributed by atoms with Gasteiger partial charge >= 0.3 is 5.97 Å². The Bertz CT molecular complexity index is 1010. The lowest BCUT2D eigenvalue weighted by Gasteiger charge is -2.46. The number of aliphatic hydroxyl groups is 2. The van der Waals surface area contributed by atoms with Crippen LogP contribution in [0.1, 0.15) is 82.8 Å². The Morgan fingerprint density at radius 1 is 1.22 bits per heavy atom. The van der Waals surface area contributed by atoms with Crippen molar-refractivity contribution in [3.05, 3.63) is 21.9 Å². The van der Waals surface area contributed by atoms with Crippen molar-refractivity contribution >= 4 is 29.2 Å². The maximum absolute atomic E-state index is 15.3. The van der Waals surface area contributed by atoms with Crippen LogP contribution in [0.25, 0.3) is 6.08 Å². The van der Waals surface area contributed by atoms with Crippen molar-refractivity contribution in [3.63, 3.8) is 0 Å². The lowest BCUT2D eigenvalue weighted by molar-refractivity contribution is -0.162. The number of halogens is 1. The van der Waals surface area contributed by atoms with Gasteiger partial charge in [0.05, 0.1) is 46.5 Å². The number of carbonyl (C=O) groups is 2. The van der Waals surface area contributed by atoms with Crippen molar-refractivity contribution in [1.82, 2.24) is 4.98 Å². The normalized spacial score (nSPS) is 38.2. The van der Waals surface area contributed by atoms with Gasteiger partial charge in [0.15, 0.2) is 6.10 Å². The second-order valence-corrected chi connectivity index (χ2v) is 12.3. The number of aryl methyl sites for hydroxylation is 1. The lowest BCUT2D eigenvalue weighted by atomic mass is 9.58. The van der Waals surface area contributed by atoms with Gasteiger partial charge in [0.25, 0.3) is 0 Å². The van der Waals surface area contributed by atoms with Gasteiger partial charge in [-0.25, -0.2) is 9.37 Å². The third kappa shape index (κ3) is 5.59. The van der Waals surface area contributed by atoms with Crippen LogP contribution in [0.2, 0.25) is 0 Å². The van der Waals surface area contributed by atoms with E-state index in [0.717, 1.165) is 30.7 Å². The summed E-state index contributed by atoms with van der Waals surface area (Å²) in [5, 5.41) is 24.5. The molecule has 2 N–H and O–H groups in total. The number of epoxide rings is 1. The van der Waals surface area contributed by atoms with Gasteiger partial charge in [-0.15, -0.1) is 11.3 Å². The van der Waals surface area contributed by atoms with Crippen LogP contribution in [0.5, 0.6) is 0 Å². The summed E-state index contributed by atoms with van der Waals surface area (Å²) in [7, 11) is 0. The fraction of sp³-hybridized carbons (Fsp3) is 0.741. The van der Waals surface area contributed by atoms with E-state index < -0.39 is 53.5 Å². The highest BCUT2D eigenvalue weighted by molar-refractivity contribution is 7.09. The van der Waals surface area contributed by atoms with E-state index >= 15 is 4.39 Å². The highest BCUT2D eigenvalue weighted by Gasteiger charge is 2.55. The summed E-state index contributed by atoms with van der Waals surface area (Å²) in [6, 6.07) is 0. The van der Waals surface area contributed by atoms with Crippen molar-refractivity contribution in [2.24, 2.45) is 17.3 Å². The molecule has 0 radical (unpaired) electrons. The summed E-state index contributed by atoms with van der Waals surface area (Å²) in [5.74, 6) is -2.36. The van der Waals surface area contributed by atoms with E-state index in [9.17, 15) is 19.8 Å². The van der Waals surface area contributed by atoms with E-state index in [0.29, 0.717) is 18.5 Å². The summed E-state index contributed by atoms with van der Waals surface area (Å²) >= 11 is 1.40. The molecule has 4 rings (SSSR count). The zero-order valence-corrected chi connectivity index (χ0v) is 22.4. The summed E-state index contributed by atoms with van der Waals surface area (Å²) in [4.78, 5) is 30.6. The van der Waals surface area contributed by atoms with Gasteiger partial charge in [0.2, 0.25) is 0 Å². The Kier molecular flexibility index (Phi) is 8.05. The largest absolute Gasteiger partial charge is 0.455 e. The van der Waals surface area contributed by atoms with E-state index in [-0.39, 0.29) is 24.2 Å². The summed E-state index contributed by atoms with van der Waals surface area (Å²) < 4.78 is 26.8. The second-order valence-electron chi connectivity index (χ2n) is 11.2. The Hall–Kier alpha value is -1.68. The Balaban J connectivity index is 1.58. The van der Waals surface area contributed by atoms with Crippen LogP contribution in [0, 0.1) is 24.2 Å². The minimum atomic E-state index is -1.25. The van der Waals surface area contributed by atoms with Crippen molar-refractivity contribution in [2.45, 2.75) is 109 Å². The van der Waals surface area contributed by atoms with Gasteiger partial charge < -0.3 is 19.7 Å². The molecule has 7 atom stereocenters. The van der Waals surface area contributed by atoms with Gasteiger partial charge in [-0.3, -0.25) is 9.59 Å². The molecule has 2 saturated heterocycles. The molecular formula is C27H38FNO6S. The number of ketones is 1. The number of thiazole rings is 1. The SMILES string of the molecule is Cc1nc(C=C(F)[C@@H]2CC3OC3(C)CCC[C@H](C)[C@H](O)[C@@H](C)C(=O)C3(CCC3)[C@@H](O)CC(=O)O2)cs1. The predicted molar refractivity (Wildman–Crippen MR) is 134 cm³/mol.